The Morgan fingerprint density at radius 3 is 2.03 bits per heavy atom. The molecule has 0 saturated heterocycles. The Labute approximate surface area is 222 Å². The summed E-state index contributed by atoms with van der Waals surface area (Å²) >= 11 is 1.56. The molecule has 0 bridgehead atoms. The molecule has 0 saturated carbocycles. The summed E-state index contributed by atoms with van der Waals surface area (Å²) in [5.41, 5.74) is -0.685. The third-order valence-corrected chi connectivity index (χ3v) is 5.10. The number of hydrogen-bond acceptors (Lipinski definition) is 6. The minimum Gasteiger partial charge on any atom is -0.458 e. The van der Waals surface area contributed by atoms with Crippen molar-refractivity contribution < 1.29 is 53.4 Å². The predicted molar refractivity (Wildman–Crippen MR) is 129 cm³/mol. The molecule has 0 aromatic heterocycles. The number of ether oxygens (including phenoxy) is 2. The maximum atomic E-state index is 12.6. The molecule has 11 heteroatoms. The van der Waals surface area contributed by atoms with Crippen molar-refractivity contribution in [2.45, 2.75) is 78.0 Å². The normalized spacial score (nSPS) is 12.2. The maximum Gasteiger partial charge on any atom is 0.329 e. The first-order valence-electron chi connectivity index (χ1n) is 11.4. The molecule has 4 amide bonds. The molecule has 4 N–H and O–H groups in total. The third-order valence-electron chi connectivity index (χ3n) is 4.12. The van der Waals surface area contributed by atoms with E-state index in [1.807, 2.05) is 24.3 Å². The first kappa shape index (κ1) is 30.6. The van der Waals surface area contributed by atoms with Gasteiger partial charge in [0, 0.05) is 0 Å². The van der Waals surface area contributed by atoms with Crippen LogP contribution in [0.4, 0.5) is 15.3 Å². The Bertz CT molecular complexity index is 862. The minimum atomic E-state index is -0.907. The monoisotopic (exact) mass is 687 g/mol. The van der Waals surface area contributed by atoms with Crippen LogP contribution in [0.2, 0.25) is 0 Å². The number of rotatable bonds is 10. The van der Waals surface area contributed by atoms with E-state index < -0.39 is 35.2 Å². The van der Waals surface area contributed by atoms with E-state index in [2.05, 4.69) is 21.3 Å². The van der Waals surface area contributed by atoms with E-state index in [0.717, 1.165) is 3.27 Å². The van der Waals surface area contributed by atoms with E-state index in [-0.39, 0.29) is 12.6 Å². The predicted octanol–water partition coefficient (Wildman–Crippen LogP) is 2.50. The zero-order valence-corrected chi connectivity index (χ0v) is 24.2. The largest absolute Gasteiger partial charge is 0.458 e. The summed E-state index contributed by atoms with van der Waals surface area (Å²) in [5.74, 6) is -1.16. The number of unbranched alkanes of at least 4 members (excludes halogenated alkanes) is 1. The summed E-state index contributed by atoms with van der Waals surface area (Å²) in [4.78, 5) is 48.7. The van der Waals surface area contributed by atoms with Crippen molar-refractivity contribution in [3.05, 3.63) is 24.3 Å². The molecule has 0 fully saturated rings. The smallest absolute Gasteiger partial charge is 0.329 e. The zero-order valence-electron chi connectivity index (χ0n) is 21.2. The van der Waals surface area contributed by atoms with E-state index in [9.17, 15) is 19.2 Å². The van der Waals surface area contributed by atoms with Crippen molar-refractivity contribution in [2.75, 3.05) is 18.4 Å². The van der Waals surface area contributed by atoms with Gasteiger partial charge in [0.1, 0.15) is 17.7 Å². The molecule has 1 aromatic rings. The molecule has 0 spiro atoms. The van der Waals surface area contributed by atoms with Gasteiger partial charge in [-0.25, -0.2) is 9.59 Å². The second-order valence-corrected chi connectivity index (χ2v) is 11.6. The van der Waals surface area contributed by atoms with Gasteiger partial charge in [-0.1, -0.05) is 0 Å². The van der Waals surface area contributed by atoms with Crippen molar-refractivity contribution in [2.24, 2.45) is 0 Å². The first-order valence-corrected chi connectivity index (χ1v) is 12.9. The second-order valence-electron chi connectivity index (χ2n) is 9.88. The van der Waals surface area contributed by atoms with Gasteiger partial charge in [-0.3, -0.25) is 4.79 Å². The first-order chi connectivity index (χ1) is 16.1. The Kier molecular flexibility index (Phi) is 12.4. The fraction of sp³-hybridized carbons (Fsp3) is 0.583. The molecule has 0 aliphatic heterocycles. The van der Waals surface area contributed by atoms with E-state index in [4.69, 9.17) is 9.47 Å². The number of esters is 2. The van der Waals surface area contributed by atoms with Gasteiger partial charge in [0.05, 0.1) is 0 Å². The molecule has 1 aromatic carbocycles. The van der Waals surface area contributed by atoms with Crippen LogP contribution in [0.5, 0.6) is 0 Å². The van der Waals surface area contributed by atoms with Gasteiger partial charge in [-0.15, -0.1) is 0 Å². The molecule has 0 aliphatic rings. The fourth-order valence-corrected chi connectivity index (χ4v) is 3.23. The van der Waals surface area contributed by atoms with E-state index in [0.29, 0.717) is 31.5 Å². The molecule has 10 nitrogen and oxygen atoms in total. The van der Waals surface area contributed by atoms with Crippen LogP contribution in [-0.2, 0) is 19.1 Å². The van der Waals surface area contributed by atoms with Crippen LogP contribution in [0.15, 0.2) is 24.3 Å². The molecular weight excluding hydrogens is 650 g/mol. The number of nitrogens with one attached hydrogen (secondary N) is 4. The van der Waals surface area contributed by atoms with Crippen molar-refractivity contribution in [3.8, 4) is 0 Å². The quantitative estimate of drug-likeness (QED) is 0.221. The van der Waals surface area contributed by atoms with Crippen LogP contribution in [0.3, 0.4) is 0 Å². The van der Waals surface area contributed by atoms with Crippen molar-refractivity contribution in [3.63, 3.8) is 0 Å². The van der Waals surface area contributed by atoms with Crippen LogP contribution >= 0.6 is 0 Å². The number of carbonyl (C=O) groups is 4. The zero-order chi connectivity index (χ0) is 26.6. The van der Waals surface area contributed by atoms with Gasteiger partial charge < -0.3 is 20.1 Å². The fourth-order valence-electron chi connectivity index (χ4n) is 2.75. The number of urea groups is 2. The maximum absolute atomic E-state index is 12.6. The number of hydrogen-bond donors (Lipinski definition) is 4. The molecule has 0 radical (unpaired) electrons. The summed E-state index contributed by atoms with van der Waals surface area (Å²) in [5, 5.41) is 10.5. The topological polar surface area (TPSA) is 135 Å². The Morgan fingerprint density at radius 2 is 1.46 bits per heavy atom. The molecular formula is C24H37AtN4O6. The number of anilines is 1. The molecule has 0 heterocycles. The van der Waals surface area contributed by atoms with Crippen LogP contribution in [0.25, 0.3) is 0 Å². The van der Waals surface area contributed by atoms with Crippen LogP contribution in [0.1, 0.15) is 60.8 Å². The third kappa shape index (κ3) is 15.2. The average Bonchev–Trinajstić information content (AvgIpc) is 2.70. The molecule has 196 valence electrons. The summed E-state index contributed by atoms with van der Waals surface area (Å²) < 4.78 is 11.7. The van der Waals surface area contributed by atoms with Crippen LogP contribution in [-0.4, -0.2) is 54.3 Å². The van der Waals surface area contributed by atoms with E-state index in [1.54, 1.807) is 66.3 Å². The van der Waals surface area contributed by atoms with Gasteiger partial charge in [0.2, 0.25) is 0 Å². The standard InChI is InChI=1S/C24H37AtN4O6/c1-23(2,3)34-19(30)15-27-22(33)29-18(20(31)35-24(4,5)6)9-7-8-14-26-21(32)28-17-12-10-16(25)11-13-17/h10-13,18H,7-9,14-15H2,1-6H3,(H2,26,28,32)(H2,27,29,33). The van der Waals surface area contributed by atoms with E-state index >= 15 is 0 Å². The summed E-state index contributed by atoms with van der Waals surface area (Å²) in [6.45, 7) is 10.5. The molecule has 1 unspecified atom stereocenters. The van der Waals surface area contributed by atoms with Gasteiger partial charge >= 0.3 is 129 Å². The van der Waals surface area contributed by atoms with Gasteiger partial charge in [0.25, 0.3) is 0 Å². The SMILES string of the molecule is CC(C)(C)OC(=O)CNC(=O)NC(CCCCNC(=O)Nc1ccc([At])cc1)C(=O)OC(C)(C)C. The molecule has 1 atom stereocenters. The van der Waals surface area contributed by atoms with Gasteiger partial charge in [-0.2, -0.15) is 0 Å². The van der Waals surface area contributed by atoms with Crippen LogP contribution < -0.4 is 24.5 Å². The van der Waals surface area contributed by atoms with Crippen molar-refractivity contribution in [1.82, 2.24) is 16.0 Å². The summed E-state index contributed by atoms with van der Waals surface area (Å²) in [6, 6.07) is 5.63. The Hall–Kier alpha value is -2.42. The molecule has 35 heavy (non-hydrogen) atoms. The Morgan fingerprint density at radius 1 is 0.857 bits per heavy atom. The van der Waals surface area contributed by atoms with Crippen molar-refractivity contribution >= 4 is 33.0 Å². The minimum absolute atomic E-state index is 0.303. The van der Waals surface area contributed by atoms with E-state index in [1.165, 1.54) is 0 Å². The second kappa shape index (κ2) is 14.2. The Balaban J connectivity index is 2.49. The number of amides is 4. The van der Waals surface area contributed by atoms with Gasteiger partial charge in [0.15, 0.2) is 0 Å². The molecule has 1 rings (SSSR count). The summed E-state index contributed by atoms with van der Waals surface area (Å²) in [6.07, 6.45) is 1.44. The summed E-state index contributed by atoms with van der Waals surface area (Å²) in [7, 11) is 0. The van der Waals surface area contributed by atoms with Crippen LogP contribution in [0, 0.1) is 24.7 Å². The van der Waals surface area contributed by atoms with Crippen molar-refractivity contribution in [1.29, 1.82) is 0 Å². The average molecular weight is 688 g/mol. The number of carbonyl (C=O) groups excluding carboxylic acids is 4. The number of benzene rings is 1. The van der Waals surface area contributed by atoms with Gasteiger partial charge in [-0.05, 0) is 41.5 Å². The molecule has 0 aliphatic carbocycles.